The highest BCUT2D eigenvalue weighted by Gasteiger charge is 2.18. The van der Waals surface area contributed by atoms with Gasteiger partial charge in [-0.3, -0.25) is 4.79 Å². The summed E-state index contributed by atoms with van der Waals surface area (Å²) in [6.07, 6.45) is 5.08. The van der Waals surface area contributed by atoms with Crippen LogP contribution in [0.4, 0.5) is 0 Å². The molecule has 0 aliphatic heterocycles. The Morgan fingerprint density at radius 2 is 1.86 bits per heavy atom. The third-order valence-electron chi connectivity index (χ3n) is 3.75. The normalized spacial score (nSPS) is 13.8. The Hall–Kier alpha value is -2.12. The molecule has 21 heavy (non-hydrogen) atoms. The molecule has 2 heteroatoms. The van der Waals surface area contributed by atoms with Gasteiger partial charge >= 0.3 is 0 Å². The van der Waals surface area contributed by atoms with Gasteiger partial charge in [0.25, 0.3) is 0 Å². The molecule has 0 heterocycles. The Kier molecular flexibility index (Phi) is 3.76. The summed E-state index contributed by atoms with van der Waals surface area (Å²) in [7, 11) is 0. The lowest BCUT2D eigenvalue weighted by molar-refractivity contribution is 0.103. The number of carbonyl (C=O) groups is 1. The Labute approximate surface area is 129 Å². The van der Waals surface area contributed by atoms with Gasteiger partial charge in [0.2, 0.25) is 0 Å². The second-order valence-electron chi connectivity index (χ2n) is 5.15. The van der Waals surface area contributed by atoms with E-state index < -0.39 is 0 Å². The van der Waals surface area contributed by atoms with Crippen molar-refractivity contribution in [2.24, 2.45) is 0 Å². The van der Waals surface area contributed by atoms with Crippen LogP contribution in [0, 0.1) is 0 Å². The molecule has 1 nitrogen and oxygen atoms in total. The van der Waals surface area contributed by atoms with E-state index in [-0.39, 0.29) is 5.78 Å². The van der Waals surface area contributed by atoms with E-state index in [4.69, 9.17) is 11.6 Å². The zero-order valence-electron chi connectivity index (χ0n) is 11.8. The van der Waals surface area contributed by atoms with Crippen molar-refractivity contribution < 1.29 is 4.79 Å². The fourth-order valence-electron chi connectivity index (χ4n) is 2.65. The van der Waals surface area contributed by atoms with Crippen LogP contribution in [0.3, 0.4) is 0 Å². The quantitative estimate of drug-likeness (QED) is 0.702. The Morgan fingerprint density at radius 3 is 2.52 bits per heavy atom. The van der Waals surface area contributed by atoms with Gasteiger partial charge < -0.3 is 0 Å². The minimum Gasteiger partial charge on any atom is -0.289 e. The molecular weight excluding hydrogens is 280 g/mol. The number of hydrogen-bond donors (Lipinski definition) is 0. The number of benzene rings is 2. The molecular formula is C19H15ClO. The van der Waals surface area contributed by atoms with Crippen LogP contribution in [0.2, 0.25) is 5.02 Å². The smallest absolute Gasteiger partial charge is 0.193 e. The minimum atomic E-state index is 0.0142. The lowest BCUT2D eigenvalue weighted by Crippen LogP contribution is -2.05. The lowest BCUT2D eigenvalue weighted by Gasteiger charge is -2.12. The van der Waals surface area contributed by atoms with E-state index in [9.17, 15) is 4.79 Å². The fourth-order valence-corrected chi connectivity index (χ4v) is 2.82. The predicted molar refractivity (Wildman–Crippen MR) is 87.7 cm³/mol. The first-order valence-corrected chi connectivity index (χ1v) is 7.30. The van der Waals surface area contributed by atoms with E-state index in [1.807, 2.05) is 42.5 Å². The molecule has 0 radical (unpaired) electrons. The molecule has 0 fully saturated rings. The average molecular weight is 295 g/mol. The van der Waals surface area contributed by atoms with Crippen molar-refractivity contribution in [3.05, 3.63) is 88.0 Å². The average Bonchev–Trinajstić information content (AvgIpc) is 2.93. The van der Waals surface area contributed by atoms with Crippen molar-refractivity contribution in [2.75, 3.05) is 0 Å². The van der Waals surface area contributed by atoms with Gasteiger partial charge in [0.1, 0.15) is 0 Å². The van der Waals surface area contributed by atoms with E-state index in [1.54, 1.807) is 6.07 Å². The third kappa shape index (κ3) is 2.70. The molecule has 0 N–H and O–H groups in total. The van der Waals surface area contributed by atoms with Gasteiger partial charge in [-0.15, -0.1) is 0 Å². The highest BCUT2D eigenvalue weighted by atomic mass is 35.5. The standard InChI is InChI=1S/C19H15ClO/c1-13-6-5-9-16(13)17-11-10-15(20)12-18(17)19(21)14-7-3-2-4-8-14/h2-8,10-12H,9H2,1H3. The van der Waals surface area contributed by atoms with E-state index in [0.717, 1.165) is 12.0 Å². The maximum Gasteiger partial charge on any atom is 0.193 e. The first-order chi connectivity index (χ1) is 10.2. The Morgan fingerprint density at radius 1 is 1.10 bits per heavy atom. The second-order valence-corrected chi connectivity index (χ2v) is 5.59. The van der Waals surface area contributed by atoms with Crippen molar-refractivity contribution in [1.29, 1.82) is 0 Å². The van der Waals surface area contributed by atoms with Crippen molar-refractivity contribution in [3.8, 4) is 0 Å². The number of carbonyl (C=O) groups excluding carboxylic acids is 1. The van der Waals surface area contributed by atoms with E-state index in [1.165, 1.54) is 11.1 Å². The molecule has 0 spiro atoms. The number of ketones is 1. The molecule has 2 aromatic carbocycles. The van der Waals surface area contributed by atoms with Crippen molar-refractivity contribution in [3.63, 3.8) is 0 Å². The van der Waals surface area contributed by atoms with Crippen molar-refractivity contribution >= 4 is 23.0 Å². The lowest BCUT2D eigenvalue weighted by atomic mass is 9.92. The van der Waals surface area contributed by atoms with Gasteiger partial charge in [-0.2, -0.15) is 0 Å². The molecule has 1 aliphatic rings. The molecule has 0 amide bonds. The SMILES string of the molecule is CC1=C(c2ccc(Cl)cc2C(=O)c2ccccc2)CC=C1. The summed E-state index contributed by atoms with van der Waals surface area (Å²) in [6.45, 7) is 2.07. The van der Waals surface area contributed by atoms with Crippen molar-refractivity contribution in [1.82, 2.24) is 0 Å². The largest absolute Gasteiger partial charge is 0.289 e. The van der Waals surface area contributed by atoms with E-state index in [0.29, 0.717) is 16.1 Å². The summed E-state index contributed by atoms with van der Waals surface area (Å²) in [5.41, 5.74) is 4.75. The molecule has 0 saturated heterocycles. The number of halogens is 1. The summed E-state index contributed by atoms with van der Waals surface area (Å²) in [6, 6.07) is 14.9. The summed E-state index contributed by atoms with van der Waals surface area (Å²) in [4.78, 5) is 12.8. The first kappa shape index (κ1) is 13.8. The number of rotatable bonds is 3. The highest BCUT2D eigenvalue weighted by molar-refractivity contribution is 6.31. The van der Waals surface area contributed by atoms with Gasteiger partial charge in [0, 0.05) is 16.1 Å². The Balaban J connectivity index is 2.12. The summed E-state index contributed by atoms with van der Waals surface area (Å²) < 4.78 is 0. The van der Waals surface area contributed by atoms with Gasteiger partial charge in [-0.05, 0) is 42.2 Å². The van der Waals surface area contributed by atoms with Crippen LogP contribution in [-0.2, 0) is 0 Å². The maximum atomic E-state index is 12.8. The van der Waals surface area contributed by atoms with Gasteiger partial charge in [0.05, 0.1) is 0 Å². The summed E-state index contributed by atoms with van der Waals surface area (Å²) >= 11 is 6.11. The molecule has 0 aromatic heterocycles. The molecule has 0 unspecified atom stereocenters. The third-order valence-corrected chi connectivity index (χ3v) is 3.99. The van der Waals surface area contributed by atoms with Crippen LogP contribution in [0.5, 0.6) is 0 Å². The molecule has 104 valence electrons. The van der Waals surface area contributed by atoms with Crippen LogP contribution in [0.25, 0.3) is 5.57 Å². The first-order valence-electron chi connectivity index (χ1n) is 6.93. The fraction of sp³-hybridized carbons (Fsp3) is 0.105. The molecule has 0 bridgehead atoms. The molecule has 0 saturated carbocycles. The van der Waals surface area contributed by atoms with Crippen LogP contribution < -0.4 is 0 Å². The molecule has 3 rings (SSSR count). The zero-order chi connectivity index (χ0) is 14.8. The monoisotopic (exact) mass is 294 g/mol. The Bertz CT molecular complexity index is 754. The van der Waals surface area contributed by atoms with Gasteiger partial charge in [-0.25, -0.2) is 0 Å². The van der Waals surface area contributed by atoms with Crippen LogP contribution >= 0.6 is 11.6 Å². The molecule has 0 atom stereocenters. The van der Waals surface area contributed by atoms with Gasteiger partial charge in [-0.1, -0.05) is 60.2 Å². The number of hydrogen-bond acceptors (Lipinski definition) is 1. The second kappa shape index (κ2) is 5.71. The van der Waals surface area contributed by atoms with Crippen LogP contribution in [0.1, 0.15) is 34.8 Å². The van der Waals surface area contributed by atoms with Crippen LogP contribution in [-0.4, -0.2) is 5.78 Å². The van der Waals surface area contributed by atoms with E-state index >= 15 is 0 Å². The molecule has 2 aromatic rings. The topological polar surface area (TPSA) is 17.1 Å². The summed E-state index contributed by atoms with van der Waals surface area (Å²) in [5, 5.41) is 0.585. The molecule has 1 aliphatic carbocycles. The van der Waals surface area contributed by atoms with E-state index in [2.05, 4.69) is 19.1 Å². The maximum absolute atomic E-state index is 12.8. The van der Waals surface area contributed by atoms with Gasteiger partial charge in [0.15, 0.2) is 5.78 Å². The summed E-state index contributed by atoms with van der Waals surface area (Å²) in [5.74, 6) is 0.0142. The highest BCUT2D eigenvalue weighted by Crippen LogP contribution is 2.33. The zero-order valence-corrected chi connectivity index (χ0v) is 12.5. The minimum absolute atomic E-state index is 0.0142. The predicted octanol–water partition coefficient (Wildman–Crippen LogP) is 5.30. The van der Waals surface area contributed by atoms with Crippen LogP contribution in [0.15, 0.2) is 66.3 Å². The number of allylic oxidation sites excluding steroid dienone is 4. The van der Waals surface area contributed by atoms with Crippen molar-refractivity contribution in [2.45, 2.75) is 13.3 Å².